The molecule has 1 amide bonds. The van der Waals surface area contributed by atoms with Gasteiger partial charge in [-0.15, -0.1) is 0 Å². The number of amides is 1. The molecule has 1 heterocycles. The van der Waals surface area contributed by atoms with Crippen molar-refractivity contribution in [3.05, 3.63) is 29.3 Å². The highest BCUT2D eigenvalue weighted by Crippen LogP contribution is 2.21. The molecule has 1 fully saturated rings. The second kappa shape index (κ2) is 4.66. The molecule has 1 aromatic rings. The summed E-state index contributed by atoms with van der Waals surface area (Å²) in [4.78, 5) is 11.8. The molecule has 0 spiro atoms. The van der Waals surface area contributed by atoms with E-state index in [2.05, 4.69) is 5.32 Å². The number of carbonyl (C=O) groups is 1. The lowest BCUT2D eigenvalue weighted by atomic mass is 10.0. The predicted octanol–water partition coefficient (Wildman–Crippen LogP) is 2.28. The van der Waals surface area contributed by atoms with Gasteiger partial charge in [0.05, 0.1) is 13.2 Å². The topological polar surface area (TPSA) is 38.3 Å². The van der Waals surface area contributed by atoms with Gasteiger partial charge in [-0.05, 0) is 25.0 Å². The fourth-order valence-corrected chi connectivity index (χ4v) is 1.87. The van der Waals surface area contributed by atoms with Gasteiger partial charge in [-0.25, -0.2) is 0 Å². The Kier molecular flexibility index (Phi) is 3.25. The van der Waals surface area contributed by atoms with Gasteiger partial charge in [0, 0.05) is 18.0 Å². The van der Waals surface area contributed by atoms with E-state index < -0.39 is 0 Å². The fourth-order valence-electron chi connectivity index (χ4n) is 1.87. The summed E-state index contributed by atoms with van der Waals surface area (Å²) in [6.07, 6.45) is 0.563. The molecule has 86 valence electrons. The number of rotatable bonds is 3. The van der Waals surface area contributed by atoms with Crippen LogP contribution in [-0.2, 0) is 9.53 Å². The normalized spacial score (nSPS) is 15.6. The first kappa shape index (κ1) is 11.1. The average Bonchev–Trinajstić information content (AvgIpc) is 2.18. The van der Waals surface area contributed by atoms with E-state index in [0.29, 0.717) is 12.3 Å². The second-order valence-electron chi connectivity index (χ2n) is 4.42. The maximum atomic E-state index is 11.8. The zero-order valence-electron chi connectivity index (χ0n) is 9.75. The van der Waals surface area contributed by atoms with Crippen LogP contribution in [0.4, 0.5) is 5.69 Å². The molecule has 1 aliphatic heterocycles. The average molecular weight is 219 g/mol. The van der Waals surface area contributed by atoms with Crippen LogP contribution in [0.15, 0.2) is 18.2 Å². The third kappa shape index (κ3) is 2.42. The zero-order chi connectivity index (χ0) is 11.5. The number of ether oxygens (including phenoxy) is 1. The van der Waals surface area contributed by atoms with Crippen LogP contribution >= 0.6 is 0 Å². The number of benzene rings is 1. The molecule has 2 rings (SSSR count). The summed E-state index contributed by atoms with van der Waals surface area (Å²) in [5.74, 6) is 0.495. The van der Waals surface area contributed by atoms with Crippen molar-refractivity contribution >= 4 is 11.6 Å². The van der Waals surface area contributed by atoms with Crippen LogP contribution < -0.4 is 5.32 Å². The number of aryl methyl sites for hydroxylation is 2. The summed E-state index contributed by atoms with van der Waals surface area (Å²) in [7, 11) is 0. The van der Waals surface area contributed by atoms with Gasteiger partial charge in [0.15, 0.2) is 0 Å². The smallest absolute Gasteiger partial charge is 0.224 e. The lowest BCUT2D eigenvalue weighted by molar-refractivity contribution is -0.121. The Balaban J connectivity index is 1.99. The molecule has 1 N–H and O–H groups in total. The van der Waals surface area contributed by atoms with E-state index in [1.165, 1.54) is 0 Å². The van der Waals surface area contributed by atoms with Crippen molar-refractivity contribution in [2.75, 3.05) is 18.5 Å². The Morgan fingerprint density at radius 1 is 1.38 bits per heavy atom. The molecule has 3 nitrogen and oxygen atoms in total. The van der Waals surface area contributed by atoms with Gasteiger partial charge in [-0.2, -0.15) is 0 Å². The fraction of sp³-hybridized carbons (Fsp3) is 0.462. The largest absolute Gasteiger partial charge is 0.381 e. The lowest BCUT2D eigenvalue weighted by Gasteiger charge is -2.25. The summed E-state index contributed by atoms with van der Waals surface area (Å²) in [6.45, 7) is 5.46. The van der Waals surface area contributed by atoms with Crippen molar-refractivity contribution < 1.29 is 9.53 Å². The number of carbonyl (C=O) groups excluding carboxylic acids is 1. The molecule has 0 saturated carbocycles. The van der Waals surface area contributed by atoms with E-state index in [9.17, 15) is 4.79 Å². The van der Waals surface area contributed by atoms with Crippen LogP contribution in [0.2, 0.25) is 0 Å². The molecule has 1 aliphatic rings. The minimum absolute atomic E-state index is 0.0886. The molecular formula is C13H17NO2. The monoisotopic (exact) mass is 219 g/mol. The van der Waals surface area contributed by atoms with Crippen LogP contribution in [0.5, 0.6) is 0 Å². The van der Waals surface area contributed by atoms with Crippen molar-refractivity contribution in [2.24, 2.45) is 5.92 Å². The zero-order valence-corrected chi connectivity index (χ0v) is 9.75. The lowest BCUT2D eigenvalue weighted by Crippen LogP contribution is -2.31. The van der Waals surface area contributed by atoms with Crippen molar-refractivity contribution in [1.82, 2.24) is 0 Å². The molecule has 0 aliphatic carbocycles. The van der Waals surface area contributed by atoms with Crippen molar-refractivity contribution in [3.8, 4) is 0 Å². The third-order valence-corrected chi connectivity index (χ3v) is 2.93. The second-order valence-corrected chi connectivity index (χ2v) is 4.42. The van der Waals surface area contributed by atoms with E-state index in [1.807, 2.05) is 32.0 Å². The van der Waals surface area contributed by atoms with E-state index in [0.717, 1.165) is 30.0 Å². The van der Waals surface area contributed by atoms with Crippen molar-refractivity contribution in [3.63, 3.8) is 0 Å². The maximum absolute atomic E-state index is 11.8. The Labute approximate surface area is 95.8 Å². The first-order chi connectivity index (χ1) is 7.66. The van der Waals surface area contributed by atoms with Crippen LogP contribution in [0.1, 0.15) is 17.5 Å². The van der Waals surface area contributed by atoms with Gasteiger partial charge in [0.1, 0.15) is 0 Å². The van der Waals surface area contributed by atoms with Crippen molar-refractivity contribution in [1.29, 1.82) is 0 Å². The summed E-state index contributed by atoms with van der Waals surface area (Å²) in [5, 5.41) is 2.98. The Morgan fingerprint density at radius 3 is 2.50 bits per heavy atom. The van der Waals surface area contributed by atoms with E-state index >= 15 is 0 Å². The standard InChI is InChI=1S/C13H17NO2/c1-9-4-3-5-10(2)13(9)14-12(15)6-11-7-16-8-11/h3-5,11H,6-8H2,1-2H3,(H,14,15). The summed E-state index contributed by atoms with van der Waals surface area (Å²) in [5.41, 5.74) is 3.17. The van der Waals surface area contributed by atoms with E-state index in [-0.39, 0.29) is 5.91 Å². The Morgan fingerprint density at radius 2 is 2.00 bits per heavy atom. The molecular weight excluding hydrogens is 202 g/mol. The van der Waals surface area contributed by atoms with Gasteiger partial charge in [0.25, 0.3) is 0 Å². The van der Waals surface area contributed by atoms with Gasteiger partial charge < -0.3 is 10.1 Å². The van der Waals surface area contributed by atoms with Crippen LogP contribution in [0.3, 0.4) is 0 Å². The van der Waals surface area contributed by atoms with Crippen LogP contribution in [0.25, 0.3) is 0 Å². The van der Waals surface area contributed by atoms with Crippen LogP contribution in [0, 0.1) is 19.8 Å². The van der Waals surface area contributed by atoms with Gasteiger partial charge in [0.2, 0.25) is 5.91 Å². The van der Waals surface area contributed by atoms with Crippen LogP contribution in [-0.4, -0.2) is 19.1 Å². The highest BCUT2D eigenvalue weighted by Gasteiger charge is 2.21. The van der Waals surface area contributed by atoms with E-state index in [4.69, 9.17) is 4.74 Å². The SMILES string of the molecule is Cc1cccc(C)c1NC(=O)CC1COC1. The Hall–Kier alpha value is -1.35. The number of para-hydroxylation sites is 1. The molecule has 16 heavy (non-hydrogen) atoms. The first-order valence-corrected chi connectivity index (χ1v) is 5.60. The van der Waals surface area contributed by atoms with Gasteiger partial charge in [-0.1, -0.05) is 18.2 Å². The molecule has 1 saturated heterocycles. The number of nitrogens with one attached hydrogen (secondary N) is 1. The number of hydrogen-bond acceptors (Lipinski definition) is 2. The molecule has 0 aromatic heterocycles. The van der Waals surface area contributed by atoms with Gasteiger partial charge >= 0.3 is 0 Å². The summed E-state index contributed by atoms with van der Waals surface area (Å²) in [6, 6.07) is 6.02. The minimum atomic E-state index is 0.0886. The molecule has 0 unspecified atom stereocenters. The maximum Gasteiger partial charge on any atom is 0.224 e. The minimum Gasteiger partial charge on any atom is -0.381 e. The number of hydrogen-bond donors (Lipinski definition) is 1. The van der Waals surface area contributed by atoms with Crippen molar-refractivity contribution in [2.45, 2.75) is 20.3 Å². The molecule has 0 radical (unpaired) electrons. The van der Waals surface area contributed by atoms with Gasteiger partial charge in [-0.3, -0.25) is 4.79 Å². The summed E-state index contributed by atoms with van der Waals surface area (Å²) < 4.78 is 5.05. The Bertz CT molecular complexity index is 377. The molecule has 3 heteroatoms. The molecule has 1 aromatic carbocycles. The highest BCUT2D eigenvalue weighted by atomic mass is 16.5. The van der Waals surface area contributed by atoms with E-state index in [1.54, 1.807) is 0 Å². The quantitative estimate of drug-likeness (QED) is 0.847. The molecule has 0 atom stereocenters. The number of anilines is 1. The predicted molar refractivity (Wildman–Crippen MR) is 63.5 cm³/mol. The molecule has 0 bridgehead atoms. The third-order valence-electron chi connectivity index (χ3n) is 2.93. The first-order valence-electron chi connectivity index (χ1n) is 5.60. The highest BCUT2D eigenvalue weighted by molar-refractivity contribution is 5.92. The summed E-state index contributed by atoms with van der Waals surface area (Å²) >= 11 is 0.